The van der Waals surface area contributed by atoms with Gasteiger partial charge in [0.1, 0.15) is 0 Å². The predicted octanol–water partition coefficient (Wildman–Crippen LogP) is 1.44. The van der Waals surface area contributed by atoms with Gasteiger partial charge in [0.2, 0.25) is 0 Å². The van der Waals surface area contributed by atoms with Crippen LogP contribution in [-0.2, 0) is 6.54 Å². The van der Waals surface area contributed by atoms with Gasteiger partial charge in [0.25, 0.3) is 0 Å². The molecule has 11 heavy (non-hydrogen) atoms. The van der Waals surface area contributed by atoms with Gasteiger partial charge in [-0.15, -0.1) is 0 Å². The normalized spacial score (nSPS) is 17.3. The van der Waals surface area contributed by atoms with E-state index in [0.717, 1.165) is 10.2 Å². The highest BCUT2D eigenvalue weighted by Crippen LogP contribution is 2.35. The summed E-state index contributed by atoms with van der Waals surface area (Å²) in [6.45, 7) is 0.514. The molecule has 0 bridgehead atoms. The molecule has 0 aromatic carbocycles. The second-order valence-electron chi connectivity index (χ2n) is 2.84. The van der Waals surface area contributed by atoms with Gasteiger partial charge in [0, 0.05) is 12.7 Å². The second-order valence-corrected chi connectivity index (χ2v) is 3.69. The van der Waals surface area contributed by atoms with Crippen LogP contribution in [0.4, 0.5) is 0 Å². The fourth-order valence-corrected chi connectivity index (χ4v) is 1.52. The van der Waals surface area contributed by atoms with Crippen molar-refractivity contribution in [2.45, 2.75) is 25.4 Å². The third-order valence-corrected chi connectivity index (χ3v) is 2.53. The summed E-state index contributed by atoms with van der Waals surface area (Å²) in [4.78, 5) is 0. The third-order valence-electron chi connectivity index (χ3n) is 1.87. The van der Waals surface area contributed by atoms with Crippen molar-refractivity contribution in [1.82, 2.24) is 9.78 Å². The Kier molecular flexibility index (Phi) is 1.73. The minimum absolute atomic E-state index is 0.514. The van der Waals surface area contributed by atoms with E-state index in [0.29, 0.717) is 12.6 Å². The zero-order valence-corrected chi connectivity index (χ0v) is 7.71. The van der Waals surface area contributed by atoms with E-state index in [2.05, 4.69) is 21.0 Å². The summed E-state index contributed by atoms with van der Waals surface area (Å²) in [5.41, 5.74) is 6.43. The number of nitrogens with zero attached hydrogens (tertiary/aromatic N) is 2. The smallest absolute Gasteiger partial charge is 0.0902 e. The molecule has 0 spiro atoms. The quantitative estimate of drug-likeness (QED) is 0.812. The number of rotatable bonds is 2. The second kappa shape index (κ2) is 2.60. The zero-order chi connectivity index (χ0) is 7.84. The van der Waals surface area contributed by atoms with Crippen LogP contribution in [0.5, 0.6) is 0 Å². The molecule has 1 saturated carbocycles. The Hall–Kier alpha value is -0.350. The van der Waals surface area contributed by atoms with Crippen LogP contribution >= 0.6 is 15.9 Å². The van der Waals surface area contributed by atoms with E-state index < -0.39 is 0 Å². The van der Waals surface area contributed by atoms with Crippen molar-refractivity contribution in [3.63, 3.8) is 0 Å². The maximum Gasteiger partial charge on any atom is 0.0902 e. The molecule has 0 saturated heterocycles. The highest BCUT2D eigenvalue weighted by atomic mass is 79.9. The molecular weight excluding hydrogens is 206 g/mol. The Morgan fingerprint density at radius 2 is 2.45 bits per heavy atom. The van der Waals surface area contributed by atoms with E-state index in [1.165, 1.54) is 12.8 Å². The topological polar surface area (TPSA) is 43.8 Å². The molecule has 1 aliphatic rings. The first kappa shape index (κ1) is 7.31. The zero-order valence-electron chi connectivity index (χ0n) is 6.13. The van der Waals surface area contributed by atoms with E-state index >= 15 is 0 Å². The number of nitrogens with two attached hydrogens (primary N) is 1. The van der Waals surface area contributed by atoms with Crippen LogP contribution in [0.3, 0.4) is 0 Å². The van der Waals surface area contributed by atoms with Gasteiger partial charge in [-0.2, -0.15) is 5.10 Å². The summed E-state index contributed by atoms with van der Waals surface area (Å²) >= 11 is 3.41. The summed E-state index contributed by atoms with van der Waals surface area (Å²) < 4.78 is 3.04. The number of hydrogen-bond acceptors (Lipinski definition) is 2. The van der Waals surface area contributed by atoms with E-state index in [1.54, 1.807) is 0 Å². The number of hydrogen-bond donors (Lipinski definition) is 1. The average molecular weight is 216 g/mol. The molecule has 4 heteroatoms. The van der Waals surface area contributed by atoms with E-state index in [9.17, 15) is 0 Å². The Labute approximate surface area is 73.7 Å². The lowest BCUT2D eigenvalue weighted by Gasteiger charge is -1.93. The standard InChI is InChI=1S/C7H10BrN3/c8-6-4-11(5-1-2-5)10-7(6)3-9/h4-5H,1-3,9H2. The van der Waals surface area contributed by atoms with Gasteiger partial charge in [-0.3, -0.25) is 4.68 Å². The van der Waals surface area contributed by atoms with Crippen molar-refractivity contribution < 1.29 is 0 Å². The van der Waals surface area contributed by atoms with E-state index in [4.69, 9.17) is 5.73 Å². The van der Waals surface area contributed by atoms with Crippen molar-refractivity contribution in [3.05, 3.63) is 16.4 Å². The molecular formula is C7H10BrN3. The van der Waals surface area contributed by atoms with Gasteiger partial charge in [-0.05, 0) is 28.8 Å². The molecule has 2 N–H and O–H groups in total. The SMILES string of the molecule is NCc1nn(C2CC2)cc1Br. The van der Waals surface area contributed by atoms with Gasteiger partial charge >= 0.3 is 0 Å². The Balaban J connectivity index is 2.28. The third kappa shape index (κ3) is 1.32. The van der Waals surface area contributed by atoms with Gasteiger partial charge in [0.15, 0.2) is 0 Å². The first-order valence-electron chi connectivity index (χ1n) is 3.75. The van der Waals surface area contributed by atoms with E-state index in [-0.39, 0.29) is 0 Å². The average Bonchev–Trinajstić information content (AvgIpc) is 2.76. The van der Waals surface area contributed by atoms with Crippen molar-refractivity contribution >= 4 is 15.9 Å². The highest BCUT2D eigenvalue weighted by molar-refractivity contribution is 9.10. The summed E-state index contributed by atoms with van der Waals surface area (Å²) in [5.74, 6) is 0. The Morgan fingerprint density at radius 3 is 2.91 bits per heavy atom. The molecule has 0 unspecified atom stereocenters. The molecule has 1 fully saturated rings. The highest BCUT2D eigenvalue weighted by Gasteiger charge is 2.24. The molecule has 0 amide bonds. The minimum Gasteiger partial charge on any atom is -0.325 e. The van der Waals surface area contributed by atoms with Crippen LogP contribution in [0.25, 0.3) is 0 Å². The molecule has 1 heterocycles. The Bertz CT molecular complexity index is 265. The molecule has 0 atom stereocenters. The van der Waals surface area contributed by atoms with Crippen molar-refractivity contribution in [1.29, 1.82) is 0 Å². The fraction of sp³-hybridized carbons (Fsp3) is 0.571. The maximum atomic E-state index is 5.48. The largest absolute Gasteiger partial charge is 0.325 e. The lowest BCUT2D eigenvalue weighted by molar-refractivity contribution is 0.630. The van der Waals surface area contributed by atoms with Crippen LogP contribution in [0.1, 0.15) is 24.6 Å². The molecule has 1 aromatic rings. The van der Waals surface area contributed by atoms with E-state index in [1.807, 2.05) is 10.9 Å². The summed E-state index contributed by atoms with van der Waals surface area (Å²) in [5, 5.41) is 4.34. The van der Waals surface area contributed by atoms with Crippen molar-refractivity contribution in [2.24, 2.45) is 5.73 Å². The summed E-state index contributed by atoms with van der Waals surface area (Å²) in [6, 6.07) is 0.645. The first-order valence-corrected chi connectivity index (χ1v) is 4.54. The number of aromatic nitrogens is 2. The summed E-state index contributed by atoms with van der Waals surface area (Å²) in [6.07, 6.45) is 4.54. The monoisotopic (exact) mass is 215 g/mol. The van der Waals surface area contributed by atoms with Crippen molar-refractivity contribution in [2.75, 3.05) is 0 Å². The van der Waals surface area contributed by atoms with Gasteiger partial charge in [-0.25, -0.2) is 0 Å². The van der Waals surface area contributed by atoms with Gasteiger partial charge < -0.3 is 5.73 Å². The molecule has 3 nitrogen and oxygen atoms in total. The minimum atomic E-state index is 0.514. The number of halogens is 1. The molecule has 1 aromatic heterocycles. The molecule has 2 rings (SSSR count). The van der Waals surface area contributed by atoms with Gasteiger partial charge in [0.05, 0.1) is 16.2 Å². The Morgan fingerprint density at radius 1 is 1.73 bits per heavy atom. The van der Waals surface area contributed by atoms with Crippen LogP contribution in [0.2, 0.25) is 0 Å². The lowest BCUT2D eigenvalue weighted by atomic mass is 10.4. The first-order chi connectivity index (χ1) is 5.31. The van der Waals surface area contributed by atoms with Crippen molar-refractivity contribution in [3.8, 4) is 0 Å². The summed E-state index contributed by atoms with van der Waals surface area (Å²) in [7, 11) is 0. The molecule has 60 valence electrons. The van der Waals surface area contributed by atoms with Gasteiger partial charge in [-0.1, -0.05) is 0 Å². The van der Waals surface area contributed by atoms with Crippen LogP contribution < -0.4 is 5.73 Å². The molecule has 1 aliphatic carbocycles. The molecule has 0 radical (unpaired) electrons. The molecule has 0 aliphatic heterocycles. The van der Waals surface area contributed by atoms with Crippen LogP contribution in [-0.4, -0.2) is 9.78 Å². The van der Waals surface area contributed by atoms with Crippen LogP contribution in [0, 0.1) is 0 Å². The fourth-order valence-electron chi connectivity index (χ4n) is 1.07. The predicted molar refractivity (Wildman–Crippen MR) is 46.1 cm³/mol. The van der Waals surface area contributed by atoms with Crippen LogP contribution in [0.15, 0.2) is 10.7 Å². The maximum absolute atomic E-state index is 5.48. The lowest BCUT2D eigenvalue weighted by Crippen LogP contribution is -2.00.